The molecule has 1 aliphatic rings. The lowest BCUT2D eigenvalue weighted by atomic mass is 9.92. The van der Waals surface area contributed by atoms with E-state index in [4.69, 9.17) is 11.6 Å². The number of halogens is 1. The molecule has 0 spiro atoms. The van der Waals surface area contributed by atoms with E-state index in [9.17, 15) is 0 Å². The molecule has 15 heavy (non-hydrogen) atoms. The maximum Gasteiger partial charge on any atom is 0.131 e. The number of anilines is 1. The fraction of sp³-hybridized carbons (Fsp3) is 0.583. The van der Waals surface area contributed by atoms with Crippen molar-refractivity contribution < 1.29 is 0 Å². The van der Waals surface area contributed by atoms with Gasteiger partial charge in [-0.15, -0.1) is 0 Å². The zero-order valence-corrected chi connectivity index (χ0v) is 10.0. The molecule has 0 bridgehead atoms. The molecule has 1 heterocycles. The molecule has 0 radical (unpaired) electrons. The van der Waals surface area contributed by atoms with E-state index in [-0.39, 0.29) is 0 Å². The lowest BCUT2D eigenvalue weighted by Gasteiger charge is -2.18. The predicted octanol–water partition coefficient (Wildman–Crippen LogP) is 3.73. The van der Waals surface area contributed by atoms with E-state index in [0.29, 0.717) is 16.6 Å². The van der Waals surface area contributed by atoms with Gasteiger partial charge in [-0.25, -0.2) is 4.98 Å². The Morgan fingerprint density at radius 2 is 2.33 bits per heavy atom. The largest absolute Gasteiger partial charge is 0.382 e. The Hall–Kier alpha value is -0.760. The number of hydrogen-bond acceptors (Lipinski definition) is 2. The second kappa shape index (κ2) is 4.01. The minimum atomic E-state index is 0.481. The number of hydrogen-bond donors (Lipinski definition) is 1. The van der Waals surface area contributed by atoms with Gasteiger partial charge in [0.2, 0.25) is 0 Å². The van der Waals surface area contributed by atoms with Crippen LogP contribution in [0.25, 0.3) is 0 Å². The van der Waals surface area contributed by atoms with Gasteiger partial charge in [0.05, 0.1) is 0 Å². The fourth-order valence-corrected chi connectivity index (χ4v) is 2.46. The minimum Gasteiger partial charge on any atom is -0.382 e. The van der Waals surface area contributed by atoms with E-state index in [0.717, 1.165) is 5.69 Å². The van der Waals surface area contributed by atoms with Crippen molar-refractivity contribution in [3.8, 4) is 0 Å². The van der Waals surface area contributed by atoms with Gasteiger partial charge < -0.3 is 5.32 Å². The van der Waals surface area contributed by atoms with Crippen LogP contribution < -0.4 is 5.32 Å². The third-order valence-corrected chi connectivity index (χ3v) is 3.27. The molecular formula is C12H17ClN2. The highest BCUT2D eigenvalue weighted by Gasteiger charge is 2.30. The summed E-state index contributed by atoms with van der Waals surface area (Å²) in [6, 6.07) is 4.43. The summed E-state index contributed by atoms with van der Waals surface area (Å²) in [4.78, 5) is 3.97. The van der Waals surface area contributed by atoms with E-state index in [2.05, 4.69) is 24.1 Å². The van der Waals surface area contributed by atoms with E-state index in [1.165, 1.54) is 19.3 Å². The van der Waals surface area contributed by atoms with Crippen LogP contribution >= 0.6 is 11.6 Å². The predicted molar refractivity (Wildman–Crippen MR) is 64.3 cm³/mol. The highest BCUT2D eigenvalue weighted by molar-refractivity contribution is 6.29. The Balaban J connectivity index is 1.99. The number of pyridine rings is 1. The molecule has 0 aliphatic heterocycles. The van der Waals surface area contributed by atoms with Crippen LogP contribution in [0.5, 0.6) is 0 Å². The second-order valence-electron chi connectivity index (χ2n) is 5.12. The van der Waals surface area contributed by atoms with Crippen molar-refractivity contribution >= 4 is 17.3 Å². The molecule has 0 saturated heterocycles. The minimum absolute atomic E-state index is 0.481. The molecule has 0 aromatic carbocycles. The van der Waals surface area contributed by atoms with Gasteiger partial charge in [0.15, 0.2) is 0 Å². The van der Waals surface area contributed by atoms with Crippen LogP contribution in [0.15, 0.2) is 18.3 Å². The highest BCUT2D eigenvalue weighted by atomic mass is 35.5. The van der Waals surface area contributed by atoms with Gasteiger partial charge >= 0.3 is 0 Å². The smallest absolute Gasteiger partial charge is 0.131 e. The summed E-state index contributed by atoms with van der Waals surface area (Å²) < 4.78 is 0. The summed E-state index contributed by atoms with van der Waals surface area (Å²) in [6.45, 7) is 4.66. The third-order valence-electron chi connectivity index (χ3n) is 3.07. The molecule has 1 atom stereocenters. The average molecular weight is 225 g/mol. The zero-order valence-electron chi connectivity index (χ0n) is 9.26. The first kappa shape index (κ1) is 10.7. The van der Waals surface area contributed by atoms with Crippen molar-refractivity contribution in [2.45, 2.75) is 39.2 Å². The Morgan fingerprint density at radius 1 is 1.53 bits per heavy atom. The van der Waals surface area contributed by atoms with E-state index < -0.39 is 0 Å². The van der Waals surface area contributed by atoms with Crippen LogP contribution in [0.1, 0.15) is 33.1 Å². The Labute approximate surface area is 96.1 Å². The summed E-state index contributed by atoms with van der Waals surface area (Å²) >= 11 is 5.84. The van der Waals surface area contributed by atoms with Crippen molar-refractivity contribution in [2.75, 3.05) is 5.32 Å². The summed E-state index contributed by atoms with van der Waals surface area (Å²) in [5.41, 5.74) is 1.56. The normalized spacial score (nSPS) is 24.1. The maximum absolute atomic E-state index is 5.84. The van der Waals surface area contributed by atoms with Crippen molar-refractivity contribution in [2.24, 2.45) is 5.41 Å². The molecule has 1 aromatic heterocycles. The first-order chi connectivity index (χ1) is 7.05. The first-order valence-corrected chi connectivity index (χ1v) is 5.81. The molecule has 2 rings (SSSR count). The fourth-order valence-electron chi connectivity index (χ4n) is 2.29. The molecule has 3 heteroatoms. The summed E-state index contributed by atoms with van der Waals surface area (Å²) in [5, 5.41) is 4.07. The van der Waals surface area contributed by atoms with Crippen LogP contribution in [0, 0.1) is 5.41 Å². The monoisotopic (exact) mass is 224 g/mol. The number of aromatic nitrogens is 1. The Kier molecular flexibility index (Phi) is 2.87. The topological polar surface area (TPSA) is 24.9 Å². The first-order valence-electron chi connectivity index (χ1n) is 5.43. The van der Waals surface area contributed by atoms with Crippen LogP contribution in [0.4, 0.5) is 5.69 Å². The van der Waals surface area contributed by atoms with Crippen LogP contribution in [-0.4, -0.2) is 11.0 Å². The van der Waals surface area contributed by atoms with Crippen molar-refractivity contribution in [3.63, 3.8) is 0 Å². The molecule has 2 nitrogen and oxygen atoms in total. The molecule has 1 fully saturated rings. The van der Waals surface area contributed by atoms with E-state index in [1.54, 1.807) is 6.20 Å². The average Bonchev–Trinajstić information content (AvgIpc) is 2.45. The van der Waals surface area contributed by atoms with E-state index >= 15 is 0 Å². The van der Waals surface area contributed by atoms with Crippen LogP contribution in [0.2, 0.25) is 5.15 Å². The zero-order chi connectivity index (χ0) is 10.9. The maximum atomic E-state index is 5.84. The van der Waals surface area contributed by atoms with Gasteiger partial charge in [-0.1, -0.05) is 25.4 Å². The van der Waals surface area contributed by atoms with Crippen molar-refractivity contribution in [3.05, 3.63) is 23.5 Å². The van der Waals surface area contributed by atoms with Crippen LogP contribution in [0.3, 0.4) is 0 Å². The van der Waals surface area contributed by atoms with Gasteiger partial charge in [-0.3, -0.25) is 0 Å². The molecule has 1 unspecified atom stereocenters. The molecule has 1 N–H and O–H groups in total. The Morgan fingerprint density at radius 3 is 2.93 bits per heavy atom. The van der Waals surface area contributed by atoms with E-state index in [1.807, 2.05) is 12.1 Å². The number of nitrogens with zero attached hydrogens (tertiary/aromatic N) is 1. The Bertz CT molecular complexity index is 349. The molecule has 1 aliphatic carbocycles. The van der Waals surface area contributed by atoms with Gasteiger partial charge in [0, 0.05) is 17.9 Å². The third kappa shape index (κ3) is 2.85. The number of rotatable bonds is 2. The lowest BCUT2D eigenvalue weighted by Crippen LogP contribution is -2.17. The molecule has 82 valence electrons. The van der Waals surface area contributed by atoms with Gasteiger partial charge in [0.1, 0.15) is 5.15 Å². The molecule has 0 amide bonds. The molecular weight excluding hydrogens is 208 g/mol. The molecule has 1 saturated carbocycles. The SMILES string of the molecule is CC1(C)CCC(Nc2ccnc(Cl)c2)C1. The van der Waals surface area contributed by atoms with Gasteiger partial charge in [-0.2, -0.15) is 0 Å². The summed E-state index contributed by atoms with van der Waals surface area (Å²) in [6.07, 6.45) is 5.51. The molecule has 1 aromatic rings. The highest BCUT2D eigenvalue weighted by Crippen LogP contribution is 2.38. The van der Waals surface area contributed by atoms with Crippen molar-refractivity contribution in [1.82, 2.24) is 4.98 Å². The summed E-state index contributed by atoms with van der Waals surface area (Å²) in [7, 11) is 0. The second-order valence-corrected chi connectivity index (χ2v) is 5.50. The lowest BCUT2D eigenvalue weighted by molar-refractivity contribution is 0.378. The van der Waals surface area contributed by atoms with Crippen molar-refractivity contribution in [1.29, 1.82) is 0 Å². The van der Waals surface area contributed by atoms with Gasteiger partial charge in [-0.05, 0) is 36.8 Å². The summed E-state index contributed by atoms with van der Waals surface area (Å²) in [5.74, 6) is 0. The quantitative estimate of drug-likeness (QED) is 0.775. The van der Waals surface area contributed by atoms with Crippen LogP contribution in [-0.2, 0) is 0 Å². The standard InChI is InChI=1S/C12H17ClN2/c1-12(2)5-3-10(8-12)15-9-4-6-14-11(13)7-9/h4,6-7,10H,3,5,8H2,1-2H3,(H,14,15). The van der Waals surface area contributed by atoms with Gasteiger partial charge in [0.25, 0.3) is 0 Å². The number of nitrogens with one attached hydrogen (secondary N) is 1.